The molecule has 13 heavy (non-hydrogen) atoms. The van der Waals surface area contributed by atoms with Crippen LogP contribution in [0.2, 0.25) is 0 Å². The second kappa shape index (κ2) is 4.61. The summed E-state index contributed by atoms with van der Waals surface area (Å²) in [6.07, 6.45) is 5.15. The molecule has 0 spiro atoms. The largest absolute Gasteiger partial charge is 0.264 e. The van der Waals surface area contributed by atoms with Gasteiger partial charge in [0.15, 0.2) is 0 Å². The topological polar surface area (TPSA) is 12.4 Å². The SMILES string of the molecule is C=Nc1cccc(CC)c1/C=C\C. The molecule has 0 unspecified atom stereocenters. The minimum absolute atomic E-state index is 0.970. The minimum Gasteiger partial charge on any atom is -0.264 e. The Balaban J connectivity index is 3.28. The molecule has 1 rings (SSSR count). The van der Waals surface area contributed by atoms with Crippen molar-refractivity contribution in [3.05, 3.63) is 35.4 Å². The first-order chi connectivity index (χ1) is 6.33. The molecule has 0 saturated heterocycles. The minimum atomic E-state index is 0.970. The fourth-order valence-corrected chi connectivity index (χ4v) is 1.40. The van der Waals surface area contributed by atoms with Crippen LogP contribution in [0.3, 0.4) is 0 Å². The summed E-state index contributed by atoms with van der Waals surface area (Å²) in [5.74, 6) is 0. The summed E-state index contributed by atoms with van der Waals surface area (Å²) in [5.41, 5.74) is 3.49. The third-order valence-corrected chi connectivity index (χ3v) is 2.06. The predicted octanol–water partition coefficient (Wildman–Crippen LogP) is 3.61. The number of hydrogen-bond acceptors (Lipinski definition) is 1. The lowest BCUT2D eigenvalue weighted by molar-refractivity contribution is 1.13. The molecule has 0 saturated carbocycles. The van der Waals surface area contributed by atoms with Crippen LogP contribution in [0.15, 0.2) is 29.3 Å². The number of benzene rings is 1. The van der Waals surface area contributed by atoms with Crippen molar-refractivity contribution < 1.29 is 0 Å². The van der Waals surface area contributed by atoms with Crippen molar-refractivity contribution >= 4 is 18.5 Å². The van der Waals surface area contributed by atoms with Crippen LogP contribution in [0, 0.1) is 0 Å². The standard InChI is InChI=1S/C12H15N/c1-4-7-11-10(5-2)8-6-9-12(11)13-3/h4,6-9H,3,5H2,1-2H3/b7-4-. The maximum Gasteiger partial charge on any atom is 0.0697 e. The number of hydrogen-bond donors (Lipinski definition) is 0. The van der Waals surface area contributed by atoms with Gasteiger partial charge in [0.2, 0.25) is 0 Å². The van der Waals surface area contributed by atoms with Gasteiger partial charge in [0.1, 0.15) is 0 Å². The Hall–Kier alpha value is -1.37. The molecule has 0 heterocycles. The maximum atomic E-state index is 4.00. The Morgan fingerprint density at radius 1 is 1.46 bits per heavy atom. The van der Waals surface area contributed by atoms with Gasteiger partial charge < -0.3 is 0 Å². The van der Waals surface area contributed by atoms with E-state index in [2.05, 4.69) is 30.8 Å². The van der Waals surface area contributed by atoms with Crippen LogP contribution in [-0.4, -0.2) is 6.72 Å². The van der Waals surface area contributed by atoms with Crippen molar-refractivity contribution in [1.29, 1.82) is 0 Å². The zero-order valence-electron chi connectivity index (χ0n) is 8.25. The summed E-state index contributed by atoms with van der Waals surface area (Å²) in [4.78, 5) is 4.00. The van der Waals surface area contributed by atoms with Crippen LogP contribution in [0.5, 0.6) is 0 Å². The van der Waals surface area contributed by atoms with Gasteiger partial charge in [0.05, 0.1) is 5.69 Å². The first kappa shape index (κ1) is 9.72. The molecular formula is C12H15N. The summed E-state index contributed by atoms with van der Waals surface area (Å²) in [7, 11) is 0. The molecule has 68 valence electrons. The third-order valence-electron chi connectivity index (χ3n) is 2.06. The van der Waals surface area contributed by atoms with Gasteiger partial charge in [0, 0.05) is 5.56 Å². The van der Waals surface area contributed by atoms with E-state index in [0.29, 0.717) is 0 Å². The van der Waals surface area contributed by atoms with E-state index in [1.54, 1.807) is 0 Å². The molecule has 1 heteroatoms. The highest BCUT2D eigenvalue weighted by Gasteiger charge is 2.01. The van der Waals surface area contributed by atoms with Gasteiger partial charge in [0.25, 0.3) is 0 Å². The van der Waals surface area contributed by atoms with Crippen molar-refractivity contribution in [1.82, 2.24) is 0 Å². The Morgan fingerprint density at radius 3 is 2.77 bits per heavy atom. The lowest BCUT2D eigenvalue weighted by Crippen LogP contribution is -1.85. The second-order valence-corrected chi connectivity index (χ2v) is 2.86. The van der Waals surface area contributed by atoms with Crippen LogP contribution in [-0.2, 0) is 6.42 Å². The molecule has 0 radical (unpaired) electrons. The molecular weight excluding hydrogens is 158 g/mol. The maximum absolute atomic E-state index is 4.00. The highest BCUT2D eigenvalue weighted by atomic mass is 14.7. The lowest BCUT2D eigenvalue weighted by atomic mass is 10.0. The first-order valence-electron chi connectivity index (χ1n) is 4.54. The molecule has 0 bridgehead atoms. The molecule has 0 atom stereocenters. The Morgan fingerprint density at radius 2 is 2.23 bits per heavy atom. The van der Waals surface area contributed by atoms with E-state index in [-0.39, 0.29) is 0 Å². The van der Waals surface area contributed by atoms with E-state index < -0.39 is 0 Å². The highest BCUT2D eigenvalue weighted by Crippen LogP contribution is 2.24. The molecule has 0 fully saturated rings. The number of allylic oxidation sites excluding steroid dienone is 1. The average Bonchev–Trinajstić information content (AvgIpc) is 2.18. The number of nitrogens with zero attached hydrogens (tertiary/aromatic N) is 1. The summed E-state index contributed by atoms with van der Waals surface area (Å²) in [5, 5.41) is 0. The summed E-state index contributed by atoms with van der Waals surface area (Å²) in [6.45, 7) is 7.73. The first-order valence-corrected chi connectivity index (χ1v) is 4.54. The van der Waals surface area contributed by atoms with Crippen LogP contribution in [0.1, 0.15) is 25.0 Å². The van der Waals surface area contributed by atoms with Crippen molar-refractivity contribution in [2.75, 3.05) is 0 Å². The lowest BCUT2D eigenvalue weighted by Gasteiger charge is -2.05. The van der Waals surface area contributed by atoms with Gasteiger partial charge in [-0.2, -0.15) is 0 Å². The zero-order valence-corrected chi connectivity index (χ0v) is 8.25. The quantitative estimate of drug-likeness (QED) is 0.619. The van der Waals surface area contributed by atoms with E-state index in [1.807, 2.05) is 25.1 Å². The fourth-order valence-electron chi connectivity index (χ4n) is 1.40. The van der Waals surface area contributed by atoms with Crippen molar-refractivity contribution in [2.24, 2.45) is 4.99 Å². The van der Waals surface area contributed by atoms with Crippen LogP contribution < -0.4 is 0 Å². The Labute approximate surface area is 79.8 Å². The fraction of sp³-hybridized carbons (Fsp3) is 0.250. The molecule has 0 N–H and O–H groups in total. The molecule has 1 aromatic rings. The van der Waals surface area contributed by atoms with Gasteiger partial charge in [-0.15, -0.1) is 0 Å². The van der Waals surface area contributed by atoms with Crippen LogP contribution in [0.25, 0.3) is 6.08 Å². The number of rotatable bonds is 3. The van der Waals surface area contributed by atoms with E-state index in [9.17, 15) is 0 Å². The monoisotopic (exact) mass is 173 g/mol. The van der Waals surface area contributed by atoms with Gasteiger partial charge >= 0.3 is 0 Å². The van der Waals surface area contributed by atoms with Crippen molar-refractivity contribution in [3.8, 4) is 0 Å². The molecule has 1 aromatic carbocycles. The van der Waals surface area contributed by atoms with E-state index in [4.69, 9.17) is 0 Å². The summed E-state index contributed by atoms with van der Waals surface area (Å²) >= 11 is 0. The molecule has 0 amide bonds. The number of aryl methyl sites for hydroxylation is 1. The van der Waals surface area contributed by atoms with Crippen LogP contribution in [0.4, 0.5) is 5.69 Å². The molecule has 1 nitrogen and oxygen atoms in total. The smallest absolute Gasteiger partial charge is 0.0697 e. The van der Waals surface area contributed by atoms with Crippen LogP contribution >= 0.6 is 0 Å². The molecule has 0 aromatic heterocycles. The van der Waals surface area contributed by atoms with E-state index in [0.717, 1.165) is 12.1 Å². The zero-order chi connectivity index (χ0) is 9.68. The van der Waals surface area contributed by atoms with Gasteiger partial charge in [-0.25, -0.2) is 0 Å². The van der Waals surface area contributed by atoms with Gasteiger partial charge in [-0.05, 0) is 31.7 Å². The summed E-state index contributed by atoms with van der Waals surface area (Å²) < 4.78 is 0. The number of aliphatic imine (C=N–C) groups is 1. The molecule has 0 aliphatic rings. The Bertz CT molecular complexity index is 324. The van der Waals surface area contributed by atoms with Crippen molar-refractivity contribution in [2.45, 2.75) is 20.3 Å². The molecule has 0 aliphatic heterocycles. The second-order valence-electron chi connectivity index (χ2n) is 2.86. The average molecular weight is 173 g/mol. The van der Waals surface area contributed by atoms with E-state index >= 15 is 0 Å². The Kier molecular flexibility index (Phi) is 3.44. The molecule has 0 aliphatic carbocycles. The highest BCUT2D eigenvalue weighted by molar-refractivity contribution is 5.68. The normalized spacial score (nSPS) is 10.6. The van der Waals surface area contributed by atoms with E-state index in [1.165, 1.54) is 11.1 Å². The third kappa shape index (κ3) is 2.05. The van der Waals surface area contributed by atoms with Gasteiger partial charge in [-0.1, -0.05) is 31.2 Å². The van der Waals surface area contributed by atoms with Gasteiger partial charge in [-0.3, -0.25) is 4.99 Å². The predicted molar refractivity (Wildman–Crippen MR) is 59.7 cm³/mol. The van der Waals surface area contributed by atoms with Crippen molar-refractivity contribution in [3.63, 3.8) is 0 Å². The summed E-state index contributed by atoms with van der Waals surface area (Å²) in [6, 6.07) is 6.14.